The van der Waals surface area contributed by atoms with E-state index in [-0.39, 0.29) is 18.1 Å². The number of likely N-dealkylation sites (tertiary alicyclic amines) is 1. The summed E-state index contributed by atoms with van der Waals surface area (Å²) in [5.74, 6) is -0.0956. The molecule has 3 aromatic rings. The molecular weight excluding hydrogens is 400 g/mol. The maximum Gasteiger partial charge on any atom is 0.272 e. The summed E-state index contributed by atoms with van der Waals surface area (Å²) in [7, 11) is 0. The molecule has 1 spiro atoms. The minimum absolute atomic E-state index is 0.0956. The van der Waals surface area contributed by atoms with Crippen LogP contribution in [-0.4, -0.2) is 50.6 Å². The van der Waals surface area contributed by atoms with Crippen LogP contribution in [0.5, 0.6) is 0 Å². The van der Waals surface area contributed by atoms with E-state index in [0.29, 0.717) is 31.0 Å². The van der Waals surface area contributed by atoms with E-state index < -0.39 is 0 Å². The van der Waals surface area contributed by atoms with Gasteiger partial charge < -0.3 is 14.7 Å². The summed E-state index contributed by atoms with van der Waals surface area (Å²) in [6, 6.07) is 5.57. The number of aliphatic hydroxyl groups excluding tert-OH is 1. The average Bonchev–Trinajstić information content (AvgIpc) is 3.26. The minimum Gasteiger partial charge on any atom is -0.392 e. The van der Waals surface area contributed by atoms with Crippen molar-refractivity contribution in [2.24, 2.45) is 0 Å². The maximum atomic E-state index is 12.9. The van der Waals surface area contributed by atoms with Crippen LogP contribution in [0.3, 0.4) is 0 Å². The summed E-state index contributed by atoms with van der Waals surface area (Å²) in [6.45, 7) is 1.82. The van der Waals surface area contributed by atoms with Gasteiger partial charge in [-0.2, -0.15) is 0 Å². The topological polar surface area (TPSA) is 88.4 Å². The number of carbonyl (C=O) groups is 1. The molecular formula is C22H22N4O3S. The fourth-order valence-corrected chi connectivity index (χ4v) is 5.50. The first-order valence-corrected chi connectivity index (χ1v) is 10.9. The molecule has 30 heavy (non-hydrogen) atoms. The Hall–Kier alpha value is -2.68. The molecule has 1 fully saturated rings. The van der Waals surface area contributed by atoms with E-state index in [1.54, 1.807) is 48.3 Å². The monoisotopic (exact) mass is 422 g/mol. The van der Waals surface area contributed by atoms with Crippen molar-refractivity contribution >= 4 is 17.2 Å². The number of aromatic nitrogens is 3. The lowest BCUT2D eigenvalue weighted by atomic mass is 9.82. The Morgan fingerprint density at radius 2 is 2.07 bits per heavy atom. The van der Waals surface area contributed by atoms with Gasteiger partial charge in [-0.25, -0.2) is 0 Å². The first kappa shape index (κ1) is 19.3. The standard InChI is InChI=1S/C22H22N4O3S/c27-14-15-1-5-24-17(11-15)21(28)26-8-3-22(4-9-26)16-12-20(18-13-23-6-7-25-18)30-19(16)2-10-29-22/h1,5-7,11-13,27H,2-4,8-10,14H2. The lowest BCUT2D eigenvalue weighted by molar-refractivity contribution is -0.0926. The third-order valence-corrected chi connectivity index (χ3v) is 7.12. The third kappa shape index (κ3) is 3.40. The van der Waals surface area contributed by atoms with Crippen molar-refractivity contribution in [2.75, 3.05) is 19.7 Å². The fraction of sp³-hybridized carbons (Fsp3) is 0.364. The molecule has 5 rings (SSSR count). The van der Waals surface area contributed by atoms with Gasteiger partial charge in [0.1, 0.15) is 5.69 Å². The van der Waals surface area contributed by atoms with Crippen molar-refractivity contribution in [3.8, 4) is 10.6 Å². The smallest absolute Gasteiger partial charge is 0.272 e. The van der Waals surface area contributed by atoms with E-state index >= 15 is 0 Å². The van der Waals surface area contributed by atoms with Gasteiger partial charge in [-0.15, -0.1) is 11.3 Å². The number of amides is 1. The van der Waals surface area contributed by atoms with E-state index in [0.717, 1.165) is 29.8 Å². The molecule has 0 aromatic carbocycles. The largest absolute Gasteiger partial charge is 0.392 e. The van der Waals surface area contributed by atoms with E-state index in [9.17, 15) is 9.90 Å². The first-order chi connectivity index (χ1) is 14.7. The zero-order valence-corrected chi connectivity index (χ0v) is 17.3. The van der Waals surface area contributed by atoms with Gasteiger partial charge in [0.15, 0.2) is 0 Å². The van der Waals surface area contributed by atoms with Crippen molar-refractivity contribution in [3.05, 3.63) is 64.7 Å². The number of pyridine rings is 1. The second kappa shape index (κ2) is 7.86. The van der Waals surface area contributed by atoms with Crippen molar-refractivity contribution in [1.82, 2.24) is 19.9 Å². The van der Waals surface area contributed by atoms with Gasteiger partial charge in [-0.05, 0) is 42.2 Å². The van der Waals surface area contributed by atoms with Crippen LogP contribution in [0.25, 0.3) is 10.6 Å². The lowest BCUT2D eigenvalue weighted by Gasteiger charge is -2.44. The summed E-state index contributed by atoms with van der Waals surface area (Å²) in [6.07, 6.45) is 9.16. The van der Waals surface area contributed by atoms with Gasteiger partial charge in [0.25, 0.3) is 5.91 Å². The van der Waals surface area contributed by atoms with E-state index in [2.05, 4.69) is 21.0 Å². The molecule has 3 aromatic heterocycles. The van der Waals surface area contributed by atoms with Crippen molar-refractivity contribution < 1.29 is 14.6 Å². The van der Waals surface area contributed by atoms with E-state index in [4.69, 9.17) is 4.74 Å². The number of hydrogen-bond acceptors (Lipinski definition) is 7. The maximum absolute atomic E-state index is 12.9. The highest BCUT2D eigenvalue weighted by Gasteiger charge is 2.43. The number of hydrogen-bond donors (Lipinski definition) is 1. The van der Waals surface area contributed by atoms with Crippen molar-refractivity contribution in [1.29, 1.82) is 0 Å². The van der Waals surface area contributed by atoms with Crippen LogP contribution in [0.15, 0.2) is 43.0 Å². The van der Waals surface area contributed by atoms with Gasteiger partial charge in [-0.1, -0.05) is 0 Å². The van der Waals surface area contributed by atoms with Crippen LogP contribution in [0, 0.1) is 0 Å². The highest BCUT2D eigenvalue weighted by molar-refractivity contribution is 7.15. The highest BCUT2D eigenvalue weighted by Crippen LogP contribution is 2.46. The first-order valence-electron chi connectivity index (χ1n) is 10.1. The molecule has 1 N–H and O–H groups in total. The zero-order chi connectivity index (χ0) is 20.6. The number of aliphatic hydroxyl groups is 1. The minimum atomic E-state index is -0.346. The number of rotatable bonds is 3. The molecule has 1 amide bonds. The molecule has 2 aliphatic heterocycles. The summed E-state index contributed by atoms with van der Waals surface area (Å²) in [4.78, 5) is 30.0. The molecule has 2 aliphatic rings. The quantitative estimate of drug-likeness (QED) is 0.698. The van der Waals surface area contributed by atoms with E-state index in [1.165, 1.54) is 10.4 Å². The van der Waals surface area contributed by atoms with Crippen LogP contribution in [0.4, 0.5) is 0 Å². The predicted octanol–water partition coefficient (Wildman–Crippen LogP) is 2.80. The average molecular weight is 423 g/mol. The molecule has 0 aliphatic carbocycles. The van der Waals surface area contributed by atoms with Gasteiger partial charge in [0.05, 0.1) is 35.6 Å². The molecule has 0 saturated carbocycles. The Morgan fingerprint density at radius 1 is 1.20 bits per heavy atom. The van der Waals surface area contributed by atoms with Crippen LogP contribution in [-0.2, 0) is 23.4 Å². The normalized spacial score (nSPS) is 17.7. The fourth-order valence-electron chi connectivity index (χ4n) is 4.31. The summed E-state index contributed by atoms with van der Waals surface area (Å²) < 4.78 is 6.34. The van der Waals surface area contributed by atoms with Crippen molar-refractivity contribution in [3.63, 3.8) is 0 Å². The van der Waals surface area contributed by atoms with Crippen LogP contribution in [0.1, 0.15) is 39.3 Å². The molecule has 0 bridgehead atoms. The second-order valence-electron chi connectivity index (χ2n) is 7.63. The number of nitrogens with zero attached hydrogens (tertiary/aromatic N) is 4. The molecule has 0 atom stereocenters. The lowest BCUT2D eigenvalue weighted by Crippen LogP contribution is -2.48. The molecule has 5 heterocycles. The molecule has 7 nitrogen and oxygen atoms in total. The Bertz CT molecular complexity index is 1060. The third-order valence-electron chi connectivity index (χ3n) is 5.91. The van der Waals surface area contributed by atoms with Crippen LogP contribution in [0.2, 0.25) is 0 Å². The molecule has 8 heteroatoms. The highest BCUT2D eigenvalue weighted by atomic mass is 32.1. The molecule has 0 radical (unpaired) electrons. The SMILES string of the molecule is O=C(c1cc(CO)ccn1)N1CCC2(CC1)OCCc1sc(-c3cnccn3)cc12. The second-order valence-corrected chi connectivity index (χ2v) is 8.77. The number of piperidine rings is 1. The Kier molecular flexibility index (Phi) is 5.06. The van der Waals surface area contributed by atoms with Gasteiger partial charge >= 0.3 is 0 Å². The number of carbonyl (C=O) groups excluding carboxylic acids is 1. The number of thiophene rings is 1. The zero-order valence-electron chi connectivity index (χ0n) is 16.5. The van der Waals surface area contributed by atoms with Crippen LogP contribution >= 0.6 is 11.3 Å². The van der Waals surface area contributed by atoms with Gasteiger partial charge in [-0.3, -0.25) is 19.7 Å². The van der Waals surface area contributed by atoms with Gasteiger partial charge in [0.2, 0.25) is 0 Å². The van der Waals surface area contributed by atoms with E-state index in [1.807, 2.05) is 4.90 Å². The summed E-state index contributed by atoms with van der Waals surface area (Å²) in [5, 5.41) is 9.32. The Balaban J connectivity index is 1.36. The van der Waals surface area contributed by atoms with Crippen LogP contribution < -0.4 is 0 Å². The molecule has 1 saturated heterocycles. The van der Waals surface area contributed by atoms with Gasteiger partial charge in [0, 0.05) is 43.0 Å². The summed E-state index contributed by atoms with van der Waals surface area (Å²) >= 11 is 1.77. The number of fused-ring (bicyclic) bond motifs is 2. The Labute approximate surface area is 178 Å². The summed E-state index contributed by atoms with van der Waals surface area (Å²) in [5.41, 5.74) is 2.85. The number of ether oxygens (including phenoxy) is 1. The molecule has 154 valence electrons. The molecule has 0 unspecified atom stereocenters. The Morgan fingerprint density at radius 3 is 2.83 bits per heavy atom. The predicted molar refractivity (Wildman–Crippen MR) is 112 cm³/mol. The van der Waals surface area contributed by atoms with Crippen molar-refractivity contribution in [2.45, 2.75) is 31.5 Å².